The molecule has 0 saturated carbocycles. The molecule has 0 aliphatic carbocycles. The van der Waals surface area contributed by atoms with Crippen LogP contribution < -0.4 is 0 Å². The van der Waals surface area contributed by atoms with Crippen molar-refractivity contribution in [3.8, 4) is 0 Å². The number of hydrogen-bond acceptors (Lipinski definition) is 6. The van der Waals surface area contributed by atoms with Gasteiger partial charge in [0.1, 0.15) is 13.2 Å². The average Bonchev–Trinajstić information content (AvgIpc) is 3.17. The molecule has 0 aromatic heterocycles. The van der Waals surface area contributed by atoms with Gasteiger partial charge < -0.3 is 14.2 Å². The molecule has 0 fully saturated rings. The molecule has 0 amide bonds. The molecule has 0 aromatic carbocycles. The van der Waals surface area contributed by atoms with Crippen LogP contribution in [0.15, 0.2) is 0 Å². The van der Waals surface area contributed by atoms with E-state index in [0.29, 0.717) is 19.3 Å². The van der Waals surface area contributed by atoms with Crippen LogP contribution in [-0.2, 0) is 28.6 Å². The summed E-state index contributed by atoms with van der Waals surface area (Å²) in [5.41, 5.74) is 0. The molecule has 326 valence electrons. The smallest absolute Gasteiger partial charge is 0.306 e. The lowest BCUT2D eigenvalue weighted by molar-refractivity contribution is -0.167. The molecule has 55 heavy (non-hydrogen) atoms. The van der Waals surface area contributed by atoms with Crippen LogP contribution in [0.1, 0.15) is 266 Å². The van der Waals surface area contributed by atoms with E-state index in [4.69, 9.17) is 14.2 Å². The van der Waals surface area contributed by atoms with E-state index in [9.17, 15) is 14.4 Å². The molecule has 2 atom stereocenters. The highest BCUT2D eigenvalue weighted by atomic mass is 16.6. The molecule has 0 aliphatic rings. The number of carbonyl (C=O) groups excluding carboxylic acids is 3. The van der Waals surface area contributed by atoms with E-state index in [0.717, 1.165) is 69.6 Å². The van der Waals surface area contributed by atoms with Gasteiger partial charge in [-0.25, -0.2) is 0 Å². The highest BCUT2D eigenvalue weighted by Gasteiger charge is 2.19. The van der Waals surface area contributed by atoms with Crippen molar-refractivity contribution in [2.45, 2.75) is 272 Å². The molecule has 0 N–H and O–H groups in total. The normalized spacial score (nSPS) is 12.5. The Bertz CT molecular complexity index is 841. The zero-order chi connectivity index (χ0) is 40.5. The highest BCUT2D eigenvalue weighted by molar-refractivity contribution is 5.71. The van der Waals surface area contributed by atoms with E-state index in [1.54, 1.807) is 0 Å². The van der Waals surface area contributed by atoms with Gasteiger partial charge in [-0.3, -0.25) is 14.4 Å². The summed E-state index contributed by atoms with van der Waals surface area (Å²) in [4.78, 5) is 37.8. The van der Waals surface area contributed by atoms with Gasteiger partial charge in [0.2, 0.25) is 0 Å². The van der Waals surface area contributed by atoms with Gasteiger partial charge in [0.25, 0.3) is 0 Å². The van der Waals surface area contributed by atoms with Crippen LogP contribution in [0.5, 0.6) is 0 Å². The summed E-state index contributed by atoms with van der Waals surface area (Å²) < 4.78 is 16.7. The van der Waals surface area contributed by atoms with E-state index in [-0.39, 0.29) is 31.1 Å². The van der Waals surface area contributed by atoms with Crippen molar-refractivity contribution >= 4 is 17.9 Å². The fraction of sp³-hybridized carbons (Fsp3) is 0.939. The second-order valence-electron chi connectivity index (χ2n) is 17.5. The molecular formula is C49H94O6. The van der Waals surface area contributed by atoms with Crippen molar-refractivity contribution in [3.63, 3.8) is 0 Å². The highest BCUT2D eigenvalue weighted by Crippen LogP contribution is 2.17. The SMILES string of the molecule is CCCCCCCCCCCCCCCCCC(=O)O[C@H](COC(=O)CCCCCCCCCCC(C)CC)COC(=O)CCCCCCCCCC(C)C. The Morgan fingerprint density at radius 1 is 0.382 bits per heavy atom. The van der Waals surface area contributed by atoms with Crippen LogP contribution in [0.25, 0.3) is 0 Å². The first kappa shape index (κ1) is 53.4. The molecule has 0 saturated heterocycles. The molecular weight excluding hydrogens is 685 g/mol. The maximum atomic E-state index is 12.7. The summed E-state index contributed by atoms with van der Waals surface area (Å²) >= 11 is 0. The Morgan fingerprint density at radius 2 is 0.691 bits per heavy atom. The van der Waals surface area contributed by atoms with Crippen LogP contribution in [0.4, 0.5) is 0 Å². The molecule has 0 aliphatic heterocycles. The quantitative estimate of drug-likeness (QED) is 0.0348. The fourth-order valence-corrected chi connectivity index (χ4v) is 7.25. The van der Waals surface area contributed by atoms with Crippen molar-refractivity contribution in [3.05, 3.63) is 0 Å². The second-order valence-corrected chi connectivity index (χ2v) is 17.5. The summed E-state index contributed by atoms with van der Waals surface area (Å²) in [6.07, 6.45) is 40.9. The molecule has 6 nitrogen and oxygen atoms in total. The Kier molecular flexibility index (Phi) is 40.8. The minimum absolute atomic E-state index is 0.0653. The predicted molar refractivity (Wildman–Crippen MR) is 233 cm³/mol. The van der Waals surface area contributed by atoms with Crippen LogP contribution in [0.2, 0.25) is 0 Å². The summed E-state index contributed by atoms with van der Waals surface area (Å²) in [6, 6.07) is 0. The standard InChI is InChI=1S/C49H94O6/c1-6-8-9-10-11-12-13-14-15-16-17-18-25-31-36-41-49(52)55-46(43-54-48(51)40-35-30-26-21-22-27-32-37-44(3)4)42-53-47(50)39-34-29-24-20-19-23-28-33-38-45(5)7-2/h44-46H,6-43H2,1-5H3/t45?,46-/m1/s1. The maximum absolute atomic E-state index is 12.7. The molecule has 0 spiro atoms. The number of hydrogen-bond donors (Lipinski definition) is 0. The summed E-state index contributed by atoms with van der Waals surface area (Å²) in [7, 11) is 0. The monoisotopic (exact) mass is 779 g/mol. The van der Waals surface area contributed by atoms with E-state index < -0.39 is 6.10 Å². The van der Waals surface area contributed by atoms with Gasteiger partial charge in [0, 0.05) is 19.3 Å². The molecule has 0 heterocycles. The van der Waals surface area contributed by atoms with Crippen molar-refractivity contribution in [2.75, 3.05) is 13.2 Å². The lowest BCUT2D eigenvalue weighted by Crippen LogP contribution is -2.30. The van der Waals surface area contributed by atoms with E-state index in [1.165, 1.54) is 154 Å². The molecule has 0 aromatic rings. The second kappa shape index (κ2) is 42.0. The Morgan fingerprint density at radius 3 is 1.04 bits per heavy atom. The number of carbonyl (C=O) groups is 3. The molecule has 6 heteroatoms. The van der Waals surface area contributed by atoms with Gasteiger partial charge in [0.05, 0.1) is 0 Å². The van der Waals surface area contributed by atoms with Gasteiger partial charge in [-0.15, -0.1) is 0 Å². The van der Waals surface area contributed by atoms with Crippen LogP contribution >= 0.6 is 0 Å². The fourth-order valence-electron chi connectivity index (χ4n) is 7.25. The van der Waals surface area contributed by atoms with Crippen molar-refractivity contribution in [1.82, 2.24) is 0 Å². The topological polar surface area (TPSA) is 78.9 Å². The third kappa shape index (κ3) is 41.9. The molecule has 0 bridgehead atoms. The largest absolute Gasteiger partial charge is 0.462 e. The predicted octanol–water partition coefficient (Wildman–Crippen LogP) is 15.4. The first-order chi connectivity index (χ1) is 26.8. The van der Waals surface area contributed by atoms with E-state index in [2.05, 4.69) is 34.6 Å². The summed E-state index contributed by atoms with van der Waals surface area (Å²) in [5.74, 6) is 0.773. The van der Waals surface area contributed by atoms with Crippen LogP contribution in [0.3, 0.4) is 0 Å². The van der Waals surface area contributed by atoms with Crippen molar-refractivity contribution in [1.29, 1.82) is 0 Å². The van der Waals surface area contributed by atoms with Crippen LogP contribution in [-0.4, -0.2) is 37.2 Å². The minimum atomic E-state index is -0.761. The van der Waals surface area contributed by atoms with Gasteiger partial charge >= 0.3 is 17.9 Å². The van der Waals surface area contributed by atoms with Gasteiger partial charge in [0.15, 0.2) is 6.10 Å². The average molecular weight is 779 g/mol. The molecule has 0 radical (unpaired) electrons. The van der Waals surface area contributed by atoms with Crippen molar-refractivity contribution < 1.29 is 28.6 Å². The number of unbranched alkanes of at least 4 members (excludes halogenated alkanes) is 27. The lowest BCUT2D eigenvalue weighted by atomic mass is 9.99. The van der Waals surface area contributed by atoms with Gasteiger partial charge in [-0.05, 0) is 31.1 Å². The van der Waals surface area contributed by atoms with E-state index >= 15 is 0 Å². The zero-order valence-corrected chi connectivity index (χ0v) is 37.6. The number of rotatable bonds is 43. The molecule has 0 rings (SSSR count). The Hall–Kier alpha value is -1.59. The minimum Gasteiger partial charge on any atom is -0.462 e. The lowest BCUT2D eigenvalue weighted by Gasteiger charge is -2.18. The molecule has 1 unspecified atom stereocenters. The van der Waals surface area contributed by atoms with Gasteiger partial charge in [-0.1, -0.05) is 227 Å². The third-order valence-electron chi connectivity index (χ3n) is 11.3. The first-order valence-corrected chi connectivity index (χ1v) is 24.3. The van der Waals surface area contributed by atoms with Gasteiger partial charge in [-0.2, -0.15) is 0 Å². The number of ether oxygens (including phenoxy) is 3. The van der Waals surface area contributed by atoms with Crippen molar-refractivity contribution in [2.24, 2.45) is 11.8 Å². The summed E-state index contributed by atoms with van der Waals surface area (Å²) in [6.45, 7) is 11.3. The summed E-state index contributed by atoms with van der Waals surface area (Å²) in [5, 5.41) is 0. The Labute approximate surface area is 342 Å². The zero-order valence-electron chi connectivity index (χ0n) is 37.6. The number of esters is 3. The van der Waals surface area contributed by atoms with Crippen LogP contribution in [0, 0.1) is 11.8 Å². The third-order valence-corrected chi connectivity index (χ3v) is 11.3. The Balaban J connectivity index is 4.32. The first-order valence-electron chi connectivity index (χ1n) is 24.3. The maximum Gasteiger partial charge on any atom is 0.306 e. The van der Waals surface area contributed by atoms with E-state index in [1.807, 2.05) is 0 Å².